The molecule has 24 heavy (non-hydrogen) atoms. The van der Waals surface area contributed by atoms with Crippen molar-refractivity contribution in [3.05, 3.63) is 29.2 Å². The Morgan fingerprint density at radius 2 is 2.00 bits per heavy atom. The molecule has 0 unspecified atom stereocenters. The molecule has 0 aliphatic carbocycles. The van der Waals surface area contributed by atoms with Gasteiger partial charge in [-0.2, -0.15) is 5.10 Å². The van der Waals surface area contributed by atoms with Crippen molar-refractivity contribution in [1.82, 2.24) is 24.4 Å². The number of hydrogen-bond donors (Lipinski definition) is 1. The molecule has 1 aliphatic rings. The fraction of sp³-hybridized carbons (Fsp3) is 0.588. The summed E-state index contributed by atoms with van der Waals surface area (Å²) in [6.07, 6.45) is 2.93. The number of carbonyl (C=O) groups excluding carboxylic acids is 1. The van der Waals surface area contributed by atoms with Crippen molar-refractivity contribution < 1.29 is 9.90 Å². The lowest BCUT2D eigenvalue weighted by molar-refractivity contribution is -0.132. The van der Waals surface area contributed by atoms with Crippen LogP contribution < -0.4 is 0 Å². The van der Waals surface area contributed by atoms with Gasteiger partial charge in [0.05, 0.1) is 12.8 Å². The molecule has 0 spiro atoms. The number of carbonyl (C=O) groups is 1. The van der Waals surface area contributed by atoms with E-state index in [1.54, 1.807) is 6.20 Å². The molecule has 1 amide bonds. The molecule has 1 fully saturated rings. The Bertz CT molecular complexity index is 719. The molecule has 3 rings (SSSR count). The second kappa shape index (κ2) is 7.27. The highest BCUT2D eigenvalue weighted by Crippen LogP contribution is 2.16. The van der Waals surface area contributed by atoms with Crippen LogP contribution in [0.3, 0.4) is 0 Å². The number of amides is 1. The van der Waals surface area contributed by atoms with Gasteiger partial charge in [-0.15, -0.1) is 0 Å². The summed E-state index contributed by atoms with van der Waals surface area (Å²) in [5.41, 5.74) is 3.99. The van der Waals surface area contributed by atoms with Crippen LogP contribution in [0.2, 0.25) is 0 Å². The van der Waals surface area contributed by atoms with Crippen LogP contribution in [0, 0.1) is 13.8 Å². The number of piperazine rings is 1. The molecule has 0 atom stereocenters. The number of β-amino-alcohol motifs (C(OH)–C–C–N with tert-alkyl or cyclic N) is 1. The largest absolute Gasteiger partial charge is 0.395 e. The molecule has 0 bridgehead atoms. The predicted octanol–water partition coefficient (Wildman–Crippen LogP) is 0.415. The molecule has 130 valence electrons. The molecule has 2 aromatic rings. The van der Waals surface area contributed by atoms with Crippen molar-refractivity contribution in [2.75, 3.05) is 39.3 Å². The monoisotopic (exact) mass is 331 g/mol. The lowest BCUT2D eigenvalue weighted by Gasteiger charge is -2.34. The van der Waals surface area contributed by atoms with Crippen molar-refractivity contribution >= 4 is 11.6 Å². The van der Waals surface area contributed by atoms with Crippen LogP contribution in [0.5, 0.6) is 0 Å². The Labute approximate surface area is 141 Å². The number of nitrogens with zero attached hydrogens (tertiary/aromatic N) is 5. The van der Waals surface area contributed by atoms with E-state index in [1.807, 2.05) is 29.3 Å². The fourth-order valence-electron chi connectivity index (χ4n) is 3.38. The number of aryl methyl sites for hydroxylation is 2. The average molecular weight is 331 g/mol. The Kier molecular flexibility index (Phi) is 5.11. The quantitative estimate of drug-likeness (QED) is 0.859. The summed E-state index contributed by atoms with van der Waals surface area (Å²) in [5.74, 6) is 0.193. The van der Waals surface area contributed by atoms with Gasteiger partial charge in [0.15, 0.2) is 5.65 Å². The zero-order valence-electron chi connectivity index (χ0n) is 14.4. The van der Waals surface area contributed by atoms with Crippen LogP contribution in [-0.4, -0.2) is 74.7 Å². The first-order valence-corrected chi connectivity index (χ1v) is 8.51. The maximum Gasteiger partial charge on any atom is 0.222 e. The standard InChI is InChI=1S/C17H25N5O2/c1-13-15(14(2)22-16(19-13)5-6-18-22)3-4-17(24)21-9-7-20(8-10-21)11-12-23/h5-6,23H,3-4,7-12H2,1-2H3. The molecule has 2 aromatic heterocycles. The molecule has 7 nitrogen and oxygen atoms in total. The first-order valence-electron chi connectivity index (χ1n) is 8.51. The van der Waals surface area contributed by atoms with Gasteiger partial charge in [-0.25, -0.2) is 9.50 Å². The van der Waals surface area contributed by atoms with Gasteiger partial charge in [-0.3, -0.25) is 9.69 Å². The third-order valence-corrected chi connectivity index (χ3v) is 4.83. The predicted molar refractivity (Wildman–Crippen MR) is 90.9 cm³/mol. The van der Waals surface area contributed by atoms with Crippen LogP contribution >= 0.6 is 0 Å². The van der Waals surface area contributed by atoms with Crippen molar-refractivity contribution in [3.8, 4) is 0 Å². The van der Waals surface area contributed by atoms with E-state index in [-0.39, 0.29) is 12.5 Å². The minimum absolute atomic E-state index is 0.176. The minimum atomic E-state index is 0.176. The number of hydrogen-bond acceptors (Lipinski definition) is 5. The smallest absolute Gasteiger partial charge is 0.222 e. The summed E-state index contributed by atoms with van der Waals surface area (Å²) in [6, 6.07) is 1.89. The highest BCUT2D eigenvalue weighted by molar-refractivity contribution is 5.76. The van der Waals surface area contributed by atoms with E-state index in [9.17, 15) is 4.79 Å². The maximum atomic E-state index is 12.5. The molecule has 0 radical (unpaired) electrons. The van der Waals surface area contributed by atoms with E-state index in [1.165, 1.54) is 0 Å². The van der Waals surface area contributed by atoms with E-state index in [4.69, 9.17) is 5.11 Å². The first-order chi connectivity index (χ1) is 11.6. The number of aliphatic hydroxyl groups excluding tert-OH is 1. The summed E-state index contributed by atoms with van der Waals surface area (Å²) < 4.78 is 1.83. The summed E-state index contributed by atoms with van der Waals surface area (Å²) in [4.78, 5) is 21.2. The van der Waals surface area contributed by atoms with Gasteiger partial charge >= 0.3 is 0 Å². The van der Waals surface area contributed by atoms with Gasteiger partial charge in [-0.1, -0.05) is 0 Å². The van der Waals surface area contributed by atoms with E-state index in [2.05, 4.69) is 15.0 Å². The van der Waals surface area contributed by atoms with Crippen LogP contribution in [0.15, 0.2) is 12.3 Å². The number of fused-ring (bicyclic) bond motifs is 1. The zero-order valence-corrected chi connectivity index (χ0v) is 14.4. The van der Waals surface area contributed by atoms with Crippen LogP contribution in [0.1, 0.15) is 23.4 Å². The normalized spacial score (nSPS) is 16.0. The summed E-state index contributed by atoms with van der Waals surface area (Å²) in [7, 11) is 0. The highest BCUT2D eigenvalue weighted by Gasteiger charge is 2.21. The van der Waals surface area contributed by atoms with Gasteiger partial charge in [0, 0.05) is 56.6 Å². The molecule has 1 aliphatic heterocycles. The second-order valence-electron chi connectivity index (χ2n) is 6.31. The first kappa shape index (κ1) is 16.9. The molecular weight excluding hydrogens is 306 g/mol. The van der Waals surface area contributed by atoms with E-state index in [0.717, 1.165) is 48.8 Å². The second-order valence-corrected chi connectivity index (χ2v) is 6.31. The van der Waals surface area contributed by atoms with Crippen molar-refractivity contribution in [2.24, 2.45) is 0 Å². The fourth-order valence-corrected chi connectivity index (χ4v) is 3.38. The van der Waals surface area contributed by atoms with Crippen molar-refractivity contribution in [1.29, 1.82) is 0 Å². The number of aromatic nitrogens is 3. The number of rotatable bonds is 5. The lowest BCUT2D eigenvalue weighted by atomic mass is 10.1. The third kappa shape index (κ3) is 3.42. The van der Waals surface area contributed by atoms with E-state index < -0.39 is 0 Å². The molecule has 0 saturated carbocycles. The van der Waals surface area contributed by atoms with Gasteiger partial charge in [-0.05, 0) is 25.8 Å². The van der Waals surface area contributed by atoms with Gasteiger partial charge in [0.25, 0.3) is 0 Å². The number of aliphatic hydroxyl groups is 1. The Morgan fingerprint density at radius 1 is 1.25 bits per heavy atom. The minimum Gasteiger partial charge on any atom is -0.395 e. The molecule has 1 saturated heterocycles. The summed E-state index contributed by atoms with van der Waals surface area (Å²) >= 11 is 0. The highest BCUT2D eigenvalue weighted by atomic mass is 16.3. The van der Waals surface area contributed by atoms with Gasteiger partial charge < -0.3 is 10.0 Å². The molecule has 0 aromatic carbocycles. The van der Waals surface area contributed by atoms with Crippen molar-refractivity contribution in [3.63, 3.8) is 0 Å². The lowest BCUT2D eigenvalue weighted by Crippen LogP contribution is -2.49. The SMILES string of the molecule is Cc1nc2ccnn2c(C)c1CCC(=O)N1CCN(CCO)CC1. The third-order valence-electron chi connectivity index (χ3n) is 4.83. The topological polar surface area (TPSA) is 74.0 Å². The zero-order chi connectivity index (χ0) is 17.1. The van der Waals surface area contributed by atoms with Gasteiger partial charge in [0.2, 0.25) is 5.91 Å². The molecule has 7 heteroatoms. The average Bonchev–Trinajstić information content (AvgIpc) is 3.04. The van der Waals surface area contributed by atoms with Crippen LogP contribution in [0.4, 0.5) is 0 Å². The van der Waals surface area contributed by atoms with Crippen LogP contribution in [0.25, 0.3) is 5.65 Å². The molecular formula is C17H25N5O2. The maximum absolute atomic E-state index is 12.5. The summed E-state index contributed by atoms with van der Waals surface area (Å²) in [5, 5.41) is 13.3. The van der Waals surface area contributed by atoms with Crippen molar-refractivity contribution in [2.45, 2.75) is 26.7 Å². The Morgan fingerprint density at radius 3 is 2.71 bits per heavy atom. The van der Waals surface area contributed by atoms with E-state index >= 15 is 0 Å². The van der Waals surface area contributed by atoms with E-state index in [0.29, 0.717) is 19.4 Å². The Balaban J connectivity index is 1.61. The molecule has 3 heterocycles. The Hall–Kier alpha value is -1.99. The summed E-state index contributed by atoms with van der Waals surface area (Å²) in [6.45, 7) is 8.05. The van der Waals surface area contributed by atoms with Crippen LogP contribution in [-0.2, 0) is 11.2 Å². The van der Waals surface area contributed by atoms with Gasteiger partial charge in [0.1, 0.15) is 0 Å². The molecule has 1 N–H and O–H groups in total.